The Kier molecular flexibility index (Phi) is 4.95. The van der Waals surface area contributed by atoms with Gasteiger partial charge in [-0.05, 0) is 47.5 Å². The Hall–Kier alpha value is -3.34. The quantitative estimate of drug-likeness (QED) is 0.494. The third-order valence-electron chi connectivity index (χ3n) is 3.78. The lowest BCUT2D eigenvalue weighted by Gasteiger charge is -2.14. The summed E-state index contributed by atoms with van der Waals surface area (Å²) >= 11 is 0. The summed E-state index contributed by atoms with van der Waals surface area (Å²) in [7, 11) is 0. The highest BCUT2D eigenvalue weighted by Crippen LogP contribution is 2.19. The Bertz CT molecular complexity index is 921. The van der Waals surface area contributed by atoms with Crippen LogP contribution in [0.2, 0.25) is 0 Å². The number of hydrazone groups is 1. The molecule has 0 saturated carbocycles. The molecular formula is C20H19N3O2. The predicted octanol–water partition coefficient (Wildman–Crippen LogP) is 3.50. The maximum absolute atomic E-state index is 12.1. The molecule has 3 aromatic rings. The van der Waals surface area contributed by atoms with E-state index in [1.54, 1.807) is 31.2 Å². The van der Waals surface area contributed by atoms with E-state index in [1.165, 1.54) is 6.21 Å². The zero-order chi connectivity index (χ0) is 17.6. The summed E-state index contributed by atoms with van der Waals surface area (Å²) in [5, 5.41) is 18.7. The van der Waals surface area contributed by atoms with E-state index in [1.807, 2.05) is 42.5 Å². The third-order valence-corrected chi connectivity index (χ3v) is 3.78. The number of carbonyl (C=O) groups excluding carboxylic acids is 1. The van der Waals surface area contributed by atoms with Crippen molar-refractivity contribution < 1.29 is 9.90 Å². The van der Waals surface area contributed by atoms with Crippen LogP contribution in [0.1, 0.15) is 12.5 Å². The maximum Gasteiger partial charge on any atom is 0.262 e. The molecule has 25 heavy (non-hydrogen) atoms. The number of aromatic hydroxyl groups is 1. The molecule has 5 nitrogen and oxygen atoms in total. The number of hydrogen-bond acceptors (Lipinski definition) is 4. The highest BCUT2D eigenvalue weighted by molar-refractivity contribution is 5.89. The van der Waals surface area contributed by atoms with Crippen LogP contribution < -0.4 is 10.7 Å². The summed E-state index contributed by atoms with van der Waals surface area (Å²) in [6.07, 6.45) is 1.49. The second-order valence-electron chi connectivity index (χ2n) is 5.76. The molecule has 0 aromatic heterocycles. The van der Waals surface area contributed by atoms with Crippen LogP contribution in [0.15, 0.2) is 71.8 Å². The number of hydrogen-bond donors (Lipinski definition) is 3. The molecule has 0 bridgehead atoms. The van der Waals surface area contributed by atoms with Crippen molar-refractivity contribution in [3.05, 3.63) is 72.3 Å². The van der Waals surface area contributed by atoms with Gasteiger partial charge in [-0.2, -0.15) is 5.10 Å². The molecule has 5 heteroatoms. The molecule has 0 aliphatic carbocycles. The van der Waals surface area contributed by atoms with Gasteiger partial charge in [-0.25, -0.2) is 5.43 Å². The van der Waals surface area contributed by atoms with Gasteiger partial charge in [-0.3, -0.25) is 4.79 Å². The Labute approximate surface area is 146 Å². The first-order chi connectivity index (χ1) is 12.1. The van der Waals surface area contributed by atoms with Crippen LogP contribution in [-0.4, -0.2) is 23.3 Å². The molecule has 1 atom stereocenters. The van der Waals surface area contributed by atoms with Gasteiger partial charge in [0.25, 0.3) is 5.91 Å². The van der Waals surface area contributed by atoms with E-state index < -0.39 is 6.04 Å². The molecule has 0 radical (unpaired) electrons. The Morgan fingerprint density at radius 2 is 1.84 bits per heavy atom. The molecule has 3 N–H and O–H groups in total. The number of phenolic OH excluding ortho intramolecular Hbond substituents is 1. The number of carbonyl (C=O) groups is 1. The summed E-state index contributed by atoms with van der Waals surface area (Å²) < 4.78 is 0. The Morgan fingerprint density at radius 3 is 2.64 bits per heavy atom. The van der Waals surface area contributed by atoms with Gasteiger partial charge >= 0.3 is 0 Å². The molecule has 0 aliphatic rings. The molecule has 3 rings (SSSR count). The number of rotatable bonds is 5. The molecule has 0 spiro atoms. The summed E-state index contributed by atoms with van der Waals surface area (Å²) in [5.74, 6) is -0.0915. The van der Waals surface area contributed by atoms with Crippen LogP contribution in [-0.2, 0) is 4.79 Å². The number of anilines is 1. The van der Waals surface area contributed by atoms with E-state index in [4.69, 9.17) is 0 Å². The van der Waals surface area contributed by atoms with E-state index in [-0.39, 0.29) is 11.7 Å². The van der Waals surface area contributed by atoms with E-state index in [9.17, 15) is 9.90 Å². The van der Waals surface area contributed by atoms with Gasteiger partial charge in [-0.1, -0.05) is 42.5 Å². The van der Waals surface area contributed by atoms with Gasteiger partial charge in [0.15, 0.2) is 0 Å². The van der Waals surface area contributed by atoms with Crippen molar-refractivity contribution in [2.75, 3.05) is 5.32 Å². The molecule has 0 saturated heterocycles. The van der Waals surface area contributed by atoms with Gasteiger partial charge in [0.2, 0.25) is 0 Å². The normalized spacial score (nSPS) is 12.2. The molecular weight excluding hydrogens is 314 g/mol. The number of phenols is 1. The number of amides is 1. The van der Waals surface area contributed by atoms with Crippen molar-refractivity contribution in [1.82, 2.24) is 5.43 Å². The van der Waals surface area contributed by atoms with Gasteiger partial charge in [0.1, 0.15) is 11.8 Å². The van der Waals surface area contributed by atoms with E-state index in [0.717, 1.165) is 16.5 Å². The molecule has 0 unspecified atom stereocenters. The fourth-order valence-corrected chi connectivity index (χ4v) is 2.47. The highest BCUT2D eigenvalue weighted by Gasteiger charge is 2.11. The number of benzene rings is 3. The minimum Gasteiger partial charge on any atom is -0.508 e. The smallest absolute Gasteiger partial charge is 0.262 e. The minimum absolute atomic E-state index is 0.154. The van der Waals surface area contributed by atoms with Gasteiger partial charge < -0.3 is 10.4 Å². The summed E-state index contributed by atoms with van der Waals surface area (Å²) in [6, 6.07) is 20.2. The standard InChI is InChI=1S/C20H19N3O2/c1-14(20(25)23-21-13-15-5-4-8-19(24)11-15)22-18-10-9-16-6-2-3-7-17(16)12-18/h2-14,22,24H,1H3,(H,23,25)/b21-13-/t14-/m0/s1. The molecule has 126 valence electrons. The van der Waals surface area contributed by atoms with E-state index in [2.05, 4.69) is 15.8 Å². The number of fused-ring (bicyclic) bond motifs is 1. The molecule has 1 amide bonds. The molecule has 3 aromatic carbocycles. The van der Waals surface area contributed by atoms with Crippen molar-refractivity contribution in [3.8, 4) is 5.75 Å². The maximum atomic E-state index is 12.1. The minimum atomic E-state index is -0.442. The second-order valence-corrected chi connectivity index (χ2v) is 5.76. The van der Waals surface area contributed by atoms with Crippen LogP contribution in [0.5, 0.6) is 5.75 Å². The first kappa shape index (κ1) is 16.5. The average Bonchev–Trinajstić information content (AvgIpc) is 2.61. The van der Waals surface area contributed by atoms with Crippen LogP contribution in [0.25, 0.3) is 10.8 Å². The molecule has 0 fully saturated rings. The third kappa shape index (κ3) is 4.35. The lowest BCUT2D eigenvalue weighted by molar-refractivity contribution is -0.121. The Morgan fingerprint density at radius 1 is 1.04 bits per heavy atom. The largest absolute Gasteiger partial charge is 0.508 e. The van der Waals surface area contributed by atoms with Crippen LogP contribution in [0.3, 0.4) is 0 Å². The average molecular weight is 333 g/mol. The summed E-state index contributed by atoms with van der Waals surface area (Å²) in [5.41, 5.74) is 4.07. The van der Waals surface area contributed by atoms with Crippen molar-refractivity contribution in [1.29, 1.82) is 0 Å². The second kappa shape index (κ2) is 7.49. The fourth-order valence-electron chi connectivity index (χ4n) is 2.47. The lowest BCUT2D eigenvalue weighted by Crippen LogP contribution is -2.34. The van der Waals surface area contributed by atoms with Crippen molar-refractivity contribution >= 4 is 28.6 Å². The van der Waals surface area contributed by atoms with Crippen molar-refractivity contribution in [3.63, 3.8) is 0 Å². The summed E-state index contributed by atoms with van der Waals surface area (Å²) in [6.45, 7) is 1.77. The monoisotopic (exact) mass is 333 g/mol. The lowest BCUT2D eigenvalue weighted by atomic mass is 10.1. The van der Waals surface area contributed by atoms with Crippen molar-refractivity contribution in [2.45, 2.75) is 13.0 Å². The van der Waals surface area contributed by atoms with Crippen LogP contribution >= 0.6 is 0 Å². The van der Waals surface area contributed by atoms with E-state index in [0.29, 0.717) is 5.56 Å². The fraction of sp³-hybridized carbons (Fsp3) is 0.100. The van der Waals surface area contributed by atoms with Crippen LogP contribution in [0, 0.1) is 0 Å². The number of nitrogens with one attached hydrogen (secondary N) is 2. The zero-order valence-corrected chi connectivity index (χ0v) is 13.8. The zero-order valence-electron chi connectivity index (χ0n) is 13.8. The predicted molar refractivity (Wildman–Crippen MR) is 101 cm³/mol. The first-order valence-electron chi connectivity index (χ1n) is 7.99. The topological polar surface area (TPSA) is 73.7 Å². The van der Waals surface area contributed by atoms with Gasteiger partial charge in [0, 0.05) is 5.69 Å². The van der Waals surface area contributed by atoms with Crippen molar-refractivity contribution in [2.24, 2.45) is 5.10 Å². The molecule has 0 aliphatic heterocycles. The SMILES string of the molecule is C[C@H](Nc1ccc2ccccc2c1)C(=O)N/N=C\c1cccc(O)c1. The highest BCUT2D eigenvalue weighted by atomic mass is 16.3. The van der Waals surface area contributed by atoms with E-state index >= 15 is 0 Å². The Balaban J connectivity index is 1.59. The summed E-state index contributed by atoms with van der Waals surface area (Å²) in [4.78, 5) is 12.1. The first-order valence-corrected chi connectivity index (χ1v) is 7.99. The van der Waals surface area contributed by atoms with Crippen LogP contribution in [0.4, 0.5) is 5.69 Å². The molecule has 0 heterocycles. The van der Waals surface area contributed by atoms with Gasteiger partial charge in [-0.15, -0.1) is 0 Å². The number of nitrogens with zero attached hydrogens (tertiary/aromatic N) is 1. The van der Waals surface area contributed by atoms with Gasteiger partial charge in [0.05, 0.1) is 6.21 Å².